The lowest BCUT2D eigenvalue weighted by atomic mass is 9.91. The average Bonchev–Trinajstić information content (AvgIpc) is 2.30. The zero-order valence-electron chi connectivity index (χ0n) is 11.0. The van der Waals surface area contributed by atoms with E-state index in [-0.39, 0.29) is 24.0 Å². The highest BCUT2D eigenvalue weighted by Gasteiger charge is 2.24. The van der Waals surface area contributed by atoms with Gasteiger partial charge in [0.25, 0.3) is 0 Å². The van der Waals surface area contributed by atoms with Gasteiger partial charge < -0.3 is 14.9 Å². The van der Waals surface area contributed by atoms with Crippen LogP contribution < -0.4 is 0 Å². The molecule has 4 heteroatoms. The Morgan fingerprint density at radius 1 is 1.35 bits per heavy atom. The molecule has 17 heavy (non-hydrogen) atoms. The third-order valence-electron chi connectivity index (χ3n) is 2.98. The van der Waals surface area contributed by atoms with Gasteiger partial charge in [-0.3, -0.25) is 0 Å². The second-order valence-electron chi connectivity index (χ2n) is 4.44. The standard InChI is InChI=1S/C13H24O4/c1-5-10(8-14)7-11(6-2)13(16)17-12(15)9(3)4/h10-11,13-14,16H,3,5-8H2,1-2,4H3. The molecule has 0 aromatic rings. The van der Waals surface area contributed by atoms with Crippen molar-refractivity contribution in [1.29, 1.82) is 0 Å². The molecule has 0 aliphatic rings. The van der Waals surface area contributed by atoms with Crippen LogP contribution >= 0.6 is 0 Å². The van der Waals surface area contributed by atoms with Gasteiger partial charge in [0.05, 0.1) is 0 Å². The van der Waals surface area contributed by atoms with Crippen LogP contribution in [0.5, 0.6) is 0 Å². The van der Waals surface area contributed by atoms with E-state index in [4.69, 9.17) is 9.84 Å². The SMILES string of the molecule is C=C(C)C(=O)OC(O)C(CC)CC(CC)CO. The maximum absolute atomic E-state index is 11.3. The first kappa shape index (κ1) is 16.1. The lowest BCUT2D eigenvalue weighted by Gasteiger charge is -2.24. The van der Waals surface area contributed by atoms with Gasteiger partial charge in [0, 0.05) is 18.1 Å². The fourth-order valence-electron chi connectivity index (χ4n) is 1.59. The molecule has 0 spiro atoms. The molecule has 100 valence electrons. The van der Waals surface area contributed by atoms with E-state index in [1.54, 1.807) is 6.92 Å². The topological polar surface area (TPSA) is 66.8 Å². The van der Waals surface area contributed by atoms with E-state index < -0.39 is 12.3 Å². The summed E-state index contributed by atoms with van der Waals surface area (Å²) in [6.45, 7) is 9.00. The Morgan fingerprint density at radius 2 is 1.94 bits per heavy atom. The van der Waals surface area contributed by atoms with Crippen molar-refractivity contribution in [2.24, 2.45) is 11.8 Å². The number of rotatable bonds is 8. The molecule has 0 bridgehead atoms. The van der Waals surface area contributed by atoms with Crippen LogP contribution in [-0.2, 0) is 9.53 Å². The summed E-state index contributed by atoms with van der Waals surface area (Å²) in [6.07, 6.45) is 1.06. The quantitative estimate of drug-likeness (QED) is 0.388. The van der Waals surface area contributed by atoms with Crippen LogP contribution in [0.1, 0.15) is 40.0 Å². The Kier molecular flexibility index (Phi) is 7.83. The van der Waals surface area contributed by atoms with Crippen LogP contribution in [0.15, 0.2) is 12.2 Å². The molecule has 0 saturated heterocycles. The maximum Gasteiger partial charge on any atom is 0.335 e. The van der Waals surface area contributed by atoms with Gasteiger partial charge in [-0.2, -0.15) is 0 Å². The highest BCUT2D eigenvalue weighted by atomic mass is 16.6. The predicted octanol–water partition coefficient (Wildman–Crippen LogP) is 1.86. The number of carbonyl (C=O) groups excluding carboxylic acids is 1. The first-order valence-electron chi connectivity index (χ1n) is 6.11. The lowest BCUT2D eigenvalue weighted by molar-refractivity contribution is -0.174. The Bertz CT molecular complexity index is 246. The summed E-state index contributed by atoms with van der Waals surface area (Å²) in [7, 11) is 0. The third-order valence-corrected chi connectivity index (χ3v) is 2.98. The van der Waals surface area contributed by atoms with Crippen molar-refractivity contribution in [2.75, 3.05) is 6.61 Å². The molecule has 0 rings (SSSR count). The molecule has 0 fully saturated rings. The molecule has 0 aromatic carbocycles. The molecule has 4 nitrogen and oxygen atoms in total. The van der Waals surface area contributed by atoms with Crippen molar-refractivity contribution in [2.45, 2.75) is 46.3 Å². The van der Waals surface area contributed by atoms with Crippen molar-refractivity contribution < 1.29 is 19.7 Å². The van der Waals surface area contributed by atoms with Crippen LogP contribution in [-0.4, -0.2) is 29.1 Å². The van der Waals surface area contributed by atoms with E-state index in [1.807, 2.05) is 13.8 Å². The largest absolute Gasteiger partial charge is 0.432 e. The Morgan fingerprint density at radius 3 is 2.29 bits per heavy atom. The molecule has 3 unspecified atom stereocenters. The smallest absolute Gasteiger partial charge is 0.335 e. The molecule has 0 aliphatic carbocycles. The molecule has 2 N–H and O–H groups in total. The highest BCUT2D eigenvalue weighted by Crippen LogP contribution is 2.22. The lowest BCUT2D eigenvalue weighted by Crippen LogP contribution is -2.29. The first-order chi connectivity index (χ1) is 7.96. The highest BCUT2D eigenvalue weighted by molar-refractivity contribution is 5.86. The van der Waals surface area contributed by atoms with Crippen molar-refractivity contribution in [3.05, 3.63) is 12.2 Å². The second-order valence-corrected chi connectivity index (χ2v) is 4.44. The summed E-state index contributed by atoms with van der Waals surface area (Å²) in [6, 6.07) is 0. The van der Waals surface area contributed by atoms with Crippen molar-refractivity contribution in [3.8, 4) is 0 Å². The van der Waals surface area contributed by atoms with Gasteiger partial charge in [-0.1, -0.05) is 26.8 Å². The predicted molar refractivity (Wildman–Crippen MR) is 66.2 cm³/mol. The molecule has 3 atom stereocenters. The normalized spacial score (nSPS) is 16.1. The van der Waals surface area contributed by atoms with Gasteiger partial charge in [0.1, 0.15) is 0 Å². The van der Waals surface area contributed by atoms with Gasteiger partial charge in [0.15, 0.2) is 0 Å². The van der Waals surface area contributed by atoms with Crippen molar-refractivity contribution in [1.82, 2.24) is 0 Å². The zero-order chi connectivity index (χ0) is 13.4. The molecular formula is C13H24O4. The van der Waals surface area contributed by atoms with E-state index in [2.05, 4.69) is 6.58 Å². The van der Waals surface area contributed by atoms with Gasteiger partial charge in [-0.05, 0) is 25.7 Å². The molecule has 0 aliphatic heterocycles. The number of hydrogen-bond acceptors (Lipinski definition) is 4. The third kappa shape index (κ3) is 5.84. The molecule has 0 radical (unpaired) electrons. The second kappa shape index (κ2) is 8.25. The summed E-state index contributed by atoms with van der Waals surface area (Å²) in [4.78, 5) is 11.3. The van der Waals surface area contributed by atoms with Crippen LogP contribution in [0.25, 0.3) is 0 Å². The fourth-order valence-corrected chi connectivity index (χ4v) is 1.59. The molecule has 0 amide bonds. The van der Waals surface area contributed by atoms with Crippen LogP contribution in [0.4, 0.5) is 0 Å². The summed E-state index contributed by atoms with van der Waals surface area (Å²) >= 11 is 0. The Labute approximate surface area is 103 Å². The van der Waals surface area contributed by atoms with Crippen LogP contribution in [0, 0.1) is 11.8 Å². The Hall–Kier alpha value is -0.870. The van der Waals surface area contributed by atoms with E-state index in [0.29, 0.717) is 12.8 Å². The molecule has 0 heterocycles. The number of esters is 1. The number of ether oxygens (including phenoxy) is 1. The summed E-state index contributed by atoms with van der Waals surface area (Å²) in [5.74, 6) is -0.582. The Balaban J connectivity index is 4.34. The zero-order valence-corrected chi connectivity index (χ0v) is 11.0. The van der Waals surface area contributed by atoms with Crippen molar-refractivity contribution in [3.63, 3.8) is 0 Å². The molecule has 0 aromatic heterocycles. The van der Waals surface area contributed by atoms with Crippen LogP contribution in [0.2, 0.25) is 0 Å². The average molecular weight is 244 g/mol. The number of aliphatic hydroxyl groups is 2. The monoisotopic (exact) mass is 244 g/mol. The molecule has 0 saturated carbocycles. The van der Waals surface area contributed by atoms with E-state index in [9.17, 15) is 9.90 Å². The minimum atomic E-state index is -1.12. The first-order valence-corrected chi connectivity index (χ1v) is 6.11. The number of aliphatic hydroxyl groups excluding tert-OH is 2. The number of carbonyl (C=O) groups is 1. The van der Waals surface area contributed by atoms with Gasteiger partial charge in [-0.15, -0.1) is 0 Å². The van der Waals surface area contributed by atoms with Crippen LogP contribution in [0.3, 0.4) is 0 Å². The molecular weight excluding hydrogens is 220 g/mol. The summed E-state index contributed by atoms with van der Waals surface area (Å²) in [5.41, 5.74) is 0.271. The van der Waals surface area contributed by atoms with Gasteiger partial charge in [-0.25, -0.2) is 4.79 Å². The number of hydrogen-bond donors (Lipinski definition) is 2. The minimum absolute atomic E-state index is 0.0914. The minimum Gasteiger partial charge on any atom is -0.432 e. The van der Waals surface area contributed by atoms with Gasteiger partial charge >= 0.3 is 5.97 Å². The van der Waals surface area contributed by atoms with E-state index >= 15 is 0 Å². The van der Waals surface area contributed by atoms with E-state index in [0.717, 1.165) is 6.42 Å². The van der Waals surface area contributed by atoms with E-state index in [1.165, 1.54) is 0 Å². The van der Waals surface area contributed by atoms with Gasteiger partial charge in [0.2, 0.25) is 6.29 Å². The fraction of sp³-hybridized carbons (Fsp3) is 0.769. The summed E-state index contributed by atoms with van der Waals surface area (Å²) < 4.78 is 4.89. The summed E-state index contributed by atoms with van der Waals surface area (Å²) in [5, 5.41) is 18.9. The maximum atomic E-state index is 11.3. The van der Waals surface area contributed by atoms with Crippen molar-refractivity contribution >= 4 is 5.97 Å².